The average molecular weight is 363 g/mol. The van der Waals surface area contributed by atoms with E-state index in [2.05, 4.69) is 37.1 Å². The summed E-state index contributed by atoms with van der Waals surface area (Å²) >= 11 is 3.23. The van der Waals surface area contributed by atoms with Gasteiger partial charge in [0, 0.05) is 22.6 Å². The summed E-state index contributed by atoms with van der Waals surface area (Å²) < 4.78 is 0.688. The topological polar surface area (TPSA) is 83.1 Å². The van der Waals surface area contributed by atoms with Crippen molar-refractivity contribution in [3.8, 4) is 0 Å². The first-order valence-electron chi connectivity index (χ1n) is 6.55. The van der Waals surface area contributed by atoms with Gasteiger partial charge < -0.3 is 5.32 Å². The number of carbonyl (C=O) groups is 2. The van der Waals surface area contributed by atoms with E-state index in [0.717, 1.165) is 11.3 Å². The van der Waals surface area contributed by atoms with Crippen molar-refractivity contribution in [3.63, 3.8) is 0 Å². The fourth-order valence-corrected chi connectivity index (χ4v) is 2.00. The first-order valence-corrected chi connectivity index (χ1v) is 7.34. The van der Waals surface area contributed by atoms with Crippen molar-refractivity contribution in [2.75, 3.05) is 11.9 Å². The van der Waals surface area contributed by atoms with E-state index in [-0.39, 0.29) is 12.5 Å². The van der Waals surface area contributed by atoms with Gasteiger partial charge in [-0.15, -0.1) is 0 Å². The second kappa shape index (κ2) is 7.56. The molecule has 22 heavy (non-hydrogen) atoms. The van der Waals surface area contributed by atoms with Gasteiger partial charge >= 0.3 is 0 Å². The molecule has 2 aromatic rings. The predicted molar refractivity (Wildman–Crippen MR) is 87.2 cm³/mol. The molecule has 0 saturated carbocycles. The number of benzene rings is 1. The van der Waals surface area contributed by atoms with Crippen molar-refractivity contribution in [2.45, 2.75) is 6.92 Å². The van der Waals surface area contributed by atoms with E-state index in [0.29, 0.717) is 10.0 Å². The maximum atomic E-state index is 11.8. The van der Waals surface area contributed by atoms with Crippen LogP contribution in [0.2, 0.25) is 0 Å². The molecule has 2 rings (SSSR count). The van der Waals surface area contributed by atoms with Crippen LogP contribution in [-0.4, -0.2) is 23.3 Å². The summed E-state index contributed by atoms with van der Waals surface area (Å²) in [6.07, 6.45) is 2.98. The van der Waals surface area contributed by atoms with Gasteiger partial charge in [-0.05, 0) is 41.1 Å². The lowest BCUT2D eigenvalue weighted by atomic mass is 10.2. The van der Waals surface area contributed by atoms with Crippen LogP contribution < -0.4 is 16.2 Å². The minimum atomic E-state index is -0.433. The van der Waals surface area contributed by atoms with Crippen molar-refractivity contribution in [3.05, 3.63) is 58.3 Å². The monoisotopic (exact) mass is 362 g/mol. The Kier molecular flexibility index (Phi) is 5.48. The number of rotatable bonds is 4. The van der Waals surface area contributed by atoms with Crippen LogP contribution >= 0.6 is 15.9 Å². The summed E-state index contributed by atoms with van der Waals surface area (Å²) in [4.78, 5) is 27.4. The normalized spacial score (nSPS) is 9.91. The Balaban J connectivity index is 1.78. The number of pyridine rings is 1. The third-order valence-electron chi connectivity index (χ3n) is 2.79. The van der Waals surface area contributed by atoms with E-state index in [1.54, 1.807) is 12.3 Å². The lowest BCUT2D eigenvalue weighted by molar-refractivity contribution is -0.120. The number of hydrogen-bond acceptors (Lipinski definition) is 4. The first kappa shape index (κ1) is 16.0. The zero-order chi connectivity index (χ0) is 15.9. The molecule has 7 heteroatoms. The van der Waals surface area contributed by atoms with Gasteiger partial charge in [0.25, 0.3) is 11.8 Å². The number of halogens is 1. The van der Waals surface area contributed by atoms with E-state index < -0.39 is 5.91 Å². The molecular weight excluding hydrogens is 348 g/mol. The molecule has 1 aromatic carbocycles. The van der Waals surface area contributed by atoms with Crippen molar-refractivity contribution in [1.29, 1.82) is 0 Å². The van der Waals surface area contributed by atoms with Crippen LogP contribution in [0.25, 0.3) is 0 Å². The Morgan fingerprint density at radius 2 is 1.86 bits per heavy atom. The van der Waals surface area contributed by atoms with E-state index in [1.165, 1.54) is 6.20 Å². The SMILES string of the molecule is Cc1ccc(NCC(=O)NNC(=O)c2cncc(Br)c2)cc1. The van der Waals surface area contributed by atoms with Gasteiger partial charge in [-0.3, -0.25) is 25.4 Å². The molecule has 1 aromatic heterocycles. The molecular formula is C15H15BrN4O2. The Labute approximate surface area is 136 Å². The predicted octanol–water partition coefficient (Wildman–Crippen LogP) is 2.03. The van der Waals surface area contributed by atoms with E-state index >= 15 is 0 Å². The molecule has 6 nitrogen and oxygen atoms in total. The van der Waals surface area contributed by atoms with Gasteiger partial charge in [0.15, 0.2) is 0 Å². The summed E-state index contributed by atoms with van der Waals surface area (Å²) in [5.74, 6) is -0.783. The fraction of sp³-hybridized carbons (Fsp3) is 0.133. The molecule has 3 N–H and O–H groups in total. The smallest absolute Gasteiger partial charge is 0.271 e. The highest BCUT2D eigenvalue weighted by Crippen LogP contribution is 2.09. The number of amides is 2. The molecule has 0 aliphatic carbocycles. The van der Waals surface area contributed by atoms with Gasteiger partial charge in [-0.25, -0.2) is 0 Å². The lowest BCUT2D eigenvalue weighted by Crippen LogP contribution is -2.44. The number of aryl methyl sites for hydroxylation is 1. The zero-order valence-electron chi connectivity index (χ0n) is 11.9. The largest absolute Gasteiger partial charge is 0.376 e. The number of nitrogens with zero attached hydrogens (tertiary/aromatic N) is 1. The van der Waals surface area contributed by atoms with Gasteiger partial charge in [-0.2, -0.15) is 0 Å². The molecule has 0 bridgehead atoms. The van der Waals surface area contributed by atoms with E-state index in [9.17, 15) is 9.59 Å². The number of nitrogens with one attached hydrogen (secondary N) is 3. The number of hydrazine groups is 1. The zero-order valence-corrected chi connectivity index (χ0v) is 13.5. The van der Waals surface area contributed by atoms with Crippen LogP contribution in [0.1, 0.15) is 15.9 Å². The van der Waals surface area contributed by atoms with Crippen LogP contribution in [0.3, 0.4) is 0 Å². The van der Waals surface area contributed by atoms with Crippen molar-refractivity contribution >= 4 is 33.4 Å². The Hall–Kier alpha value is -2.41. The third kappa shape index (κ3) is 4.85. The molecule has 0 atom stereocenters. The Morgan fingerprint density at radius 3 is 2.55 bits per heavy atom. The van der Waals surface area contributed by atoms with Crippen molar-refractivity contribution in [1.82, 2.24) is 15.8 Å². The van der Waals surface area contributed by atoms with Gasteiger partial charge in [-0.1, -0.05) is 17.7 Å². The minimum absolute atomic E-state index is 0.0556. The van der Waals surface area contributed by atoms with Crippen LogP contribution in [0, 0.1) is 6.92 Å². The fourth-order valence-electron chi connectivity index (χ4n) is 1.63. The highest BCUT2D eigenvalue weighted by molar-refractivity contribution is 9.10. The summed E-state index contributed by atoms with van der Waals surface area (Å²) in [6, 6.07) is 9.27. The molecule has 1 heterocycles. The molecule has 114 valence electrons. The summed E-state index contributed by atoms with van der Waals surface area (Å²) in [5.41, 5.74) is 7.00. The second-order valence-electron chi connectivity index (χ2n) is 4.61. The van der Waals surface area contributed by atoms with Gasteiger partial charge in [0.2, 0.25) is 0 Å². The highest BCUT2D eigenvalue weighted by atomic mass is 79.9. The minimum Gasteiger partial charge on any atom is -0.376 e. The molecule has 0 fully saturated rings. The maximum absolute atomic E-state index is 11.8. The van der Waals surface area contributed by atoms with E-state index in [1.807, 2.05) is 31.2 Å². The van der Waals surface area contributed by atoms with Gasteiger partial charge in [0.1, 0.15) is 0 Å². The summed E-state index contributed by atoms with van der Waals surface area (Å²) in [5, 5.41) is 2.96. The molecule has 0 spiro atoms. The number of hydrogen-bond donors (Lipinski definition) is 3. The van der Waals surface area contributed by atoms with Gasteiger partial charge in [0.05, 0.1) is 12.1 Å². The average Bonchev–Trinajstić information content (AvgIpc) is 2.52. The standard InChI is InChI=1S/C15H15BrN4O2/c1-10-2-4-13(5-3-10)18-9-14(21)19-20-15(22)11-6-12(16)8-17-7-11/h2-8,18H,9H2,1H3,(H,19,21)(H,20,22). The summed E-state index contributed by atoms with van der Waals surface area (Å²) in [7, 11) is 0. The van der Waals surface area contributed by atoms with Crippen LogP contribution in [0.4, 0.5) is 5.69 Å². The van der Waals surface area contributed by atoms with Crippen LogP contribution in [-0.2, 0) is 4.79 Å². The van der Waals surface area contributed by atoms with E-state index in [4.69, 9.17) is 0 Å². The quantitative estimate of drug-likeness (QED) is 0.726. The summed E-state index contributed by atoms with van der Waals surface area (Å²) in [6.45, 7) is 2.04. The molecule has 2 amide bonds. The van der Waals surface area contributed by atoms with Crippen LogP contribution in [0.15, 0.2) is 47.2 Å². The molecule has 0 saturated heterocycles. The lowest BCUT2D eigenvalue weighted by Gasteiger charge is -2.09. The molecule has 0 aliphatic rings. The second-order valence-corrected chi connectivity index (χ2v) is 5.53. The first-order chi connectivity index (χ1) is 10.5. The number of anilines is 1. The van der Waals surface area contributed by atoms with Crippen LogP contribution in [0.5, 0.6) is 0 Å². The number of aromatic nitrogens is 1. The maximum Gasteiger partial charge on any atom is 0.271 e. The Morgan fingerprint density at radius 1 is 1.14 bits per heavy atom. The number of carbonyl (C=O) groups excluding carboxylic acids is 2. The Bertz CT molecular complexity index is 673. The van der Waals surface area contributed by atoms with Crippen molar-refractivity contribution < 1.29 is 9.59 Å². The molecule has 0 unspecified atom stereocenters. The molecule has 0 radical (unpaired) electrons. The highest BCUT2D eigenvalue weighted by Gasteiger charge is 2.08. The van der Waals surface area contributed by atoms with Crippen molar-refractivity contribution in [2.24, 2.45) is 0 Å². The molecule has 0 aliphatic heterocycles. The third-order valence-corrected chi connectivity index (χ3v) is 3.22.